The first kappa shape index (κ1) is 18.1. The van der Waals surface area contributed by atoms with E-state index in [9.17, 15) is 8.78 Å². The Balaban J connectivity index is 2.21. The standard InChI is InChI=1S/C17H18F2N6/c1-10(14-4-5-16(25-14)17(22)24-9-21)11(7-20)8-23-15-3-2-12(18)6-13(15)19/h2-10,25H,20H2,1H3,(H3,21,22,24). The summed E-state index contributed by atoms with van der Waals surface area (Å²) in [6, 6.07) is 6.70. The van der Waals surface area contributed by atoms with Crippen LogP contribution in [0.15, 0.2) is 52.1 Å². The molecular weight excluding hydrogens is 326 g/mol. The van der Waals surface area contributed by atoms with Crippen molar-refractivity contribution in [3.05, 3.63) is 65.1 Å². The van der Waals surface area contributed by atoms with Crippen molar-refractivity contribution < 1.29 is 8.78 Å². The van der Waals surface area contributed by atoms with Crippen LogP contribution >= 0.6 is 0 Å². The van der Waals surface area contributed by atoms with Gasteiger partial charge in [-0.25, -0.2) is 13.8 Å². The highest BCUT2D eigenvalue weighted by atomic mass is 19.1. The van der Waals surface area contributed by atoms with E-state index >= 15 is 0 Å². The van der Waals surface area contributed by atoms with Gasteiger partial charge in [-0.3, -0.25) is 10.4 Å². The van der Waals surface area contributed by atoms with Crippen molar-refractivity contribution in [3.63, 3.8) is 0 Å². The van der Waals surface area contributed by atoms with E-state index in [0.717, 1.165) is 24.2 Å². The van der Waals surface area contributed by atoms with Gasteiger partial charge in [0.2, 0.25) is 0 Å². The van der Waals surface area contributed by atoms with Gasteiger partial charge in [-0.15, -0.1) is 0 Å². The zero-order chi connectivity index (χ0) is 18.4. The number of nitrogens with one attached hydrogen (secondary N) is 2. The highest BCUT2D eigenvalue weighted by Crippen LogP contribution is 2.23. The number of H-pyrrole nitrogens is 1. The van der Waals surface area contributed by atoms with Crippen LogP contribution in [0, 0.1) is 17.0 Å². The predicted octanol–water partition coefficient (Wildman–Crippen LogP) is 2.95. The number of aromatic nitrogens is 1. The highest BCUT2D eigenvalue weighted by molar-refractivity contribution is 5.99. The maximum absolute atomic E-state index is 13.6. The quantitative estimate of drug-likeness (QED) is 0.476. The van der Waals surface area contributed by atoms with E-state index in [-0.39, 0.29) is 17.4 Å². The topological polar surface area (TPSA) is 116 Å². The lowest BCUT2D eigenvalue weighted by Gasteiger charge is -2.10. The molecule has 1 heterocycles. The molecule has 130 valence electrons. The van der Waals surface area contributed by atoms with Gasteiger partial charge in [-0.05, 0) is 36.0 Å². The Kier molecular flexibility index (Phi) is 5.78. The summed E-state index contributed by atoms with van der Waals surface area (Å²) in [5.74, 6) is -1.41. The Morgan fingerprint density at radius 1 is 1.28 bits per heavy atom. The molecule has 1 aromatic heterocycles. The molecule has 0 bridgehead atoms. The number of nitrogens with two attached hydrogens (primary N) is 2. The maximum atomic E-state index is 13.6. The number of hydrogen-bond donors (Lipinski definition) is 4. The summed E-state index contributed by atoms with van der Waals surface area (Å²) in [6.45, 7) is 1.88. The summed E-state index contributed by atoms with van der Waals surface area (Å²) in [4.78, 5) is 10.8. The van der Waals surface area contributed by atoms with Crippen LogP contribution in [0.1, 0.15) is 24.2 Å². The fraction of sp³-hybridized carbons (Fsp3) is 0.118. The summed E-state index contributed by atoms with van der Waals surface area (Å²) >= 11 is 0. The lowest BCUT2D eigenvalue weighted by molar-refractivity contribution is 0.585. The summed E-state index contributed by atoms with van der Waals surface area (Å²) in [6.07, 6.45) is 3.65. The first-order valence-corrected chi connectivity index (χ1v) is 7.38. The molecule has 1 unspecified atom stereocenters. The van der Waals surface area contributed by atoms with E-state index in [1.165, 1.54) is 18.5 Å². The van der Waals surface area contributed by atoms with Gasteiger partial charge in [-0.2, -0.15) is 0 Å². The molecule has 6 nitrogen and oxygen atoms in total. The van der Waals surface area contributed by atoms with Crippen LogP contribution < -0.4 is 11.5 Å². The van der Waals surface area contributed by atoms with Crippen molar-refractivity contribution in [1.29, 1.82) is 5.41 Å². The zero-order valence-electron chi connectivity index (χ0n) is 13.5. The lowest BCUT2D eigenvalue weighted by atomic mass is 9.99. The van der Waals surface area contributed by atoms with E-state index in [1.54, 1.807) is 6.07 Å². The molecule has 0 aliphatic carbocycles. The minimum Gasteiger partial charge on any atom is -0.404 e. The van der Waals surface area contributed by atoms with Crippen LogP contribution in [0.3, 0.4) is 0 Å². The molecule has 25 heavy (non-hydrogen) atoms. The van der Waals surface area contributed by atoms with Crippen molar-refractivity contribution in [3.8, 4) is 0 Å². The van der Waals surface area contributed by atoms with Crippen LogP contribution in [0.25, 0.3) is 0 Å². The van der Waals surface area contributed by atoms with E-state index in [0.29, 0.717) is 11.3 Å². The fourth-order valence-corrected chi connectivity index (χ4v) is 2.16. The second-order valence-corrected chi connectivity index (χ2v) is 5.21. The number of hydrogen-bond acceptors (Lipinski definition) is 3. The number of halogens is 2. The van der Waals surface area contributed by atoms with Gasteiger partial charge < -0.3 is 16.5 Å². The van der Waals surface area contributed by atoms with Crippen LogP contribution in [0.2, 0.25) is 0 Å². The fourth-order valence-electron chi connectivity index (χ4n) is 2.16. The summed E-state index contributed by atoms with van der Waals surface area (Å²) in [7, 11) is 0. The third-order valence-electron chi connectivity index (χ3n) is 3.61. The third kappa shape index (κ3) is 4.37. The second kappa shape index (κ2) is 8.00. The molecule has 0 amide bonds. The van der Waals surface area contributed by atoms with Gasteiger partial charge in [0.15, 0.2) is 5.82 Å². The predicted molar refractivity (Wildman–Crippen MR) is 95.5 cm³/mol. The molecule has 0 aliphatic rings. The van der Waals surface area contributed by atoms with Crippen molar-refractivity contribution >= 4 is 24.1 Å². The third-order valence-corrected chi connectivity index (χ3v) is 3.61. The van der Waals surface area contributed by atoms with E-state index < -0.39 is 11.6 Å². The van der Waals surface area contributed by atoms with Crippen molar-refractivity contribution in [2.75, 3.05) is 0 Å². The van der Waals surface area contributed by atoms with Crippen molar-refractivity contribution in [2.45, 2.75) is 12.8 Å². The molecule has 0 spiro atoms. The van der Waals surface area contributed by atoms with Crippen molar-refractivity contribution in [1.82, 2.24) is 4.98 Å². The average molecular weight is 344 g/mol. The Morgan fingerprint density at radius 3 is 2.68 bits per heavy atom. The molecule has 0 saturated heterocycles. The number of allylic oxidation sites excluding steroid dienone is 1. The largest absolute Gasteiger partial charge is 0.404 e. The highest BCUT2D eigenvalue weighted by Gasteiger charge is 2.13. The SMILES string of the molecule is CC(C(C=Nc1ccc(F)cc1F)=CN)c1ccc(C(N)=NC=N)[nH]1. The van der Waals surface area contributed by atoms with E-state index in [2.05, 4.69) is 15.0 Å². The number of amidine groups is 1. The Labute approximate surface area is 143 Å². The molecule has 0 radical (unpaired) electrons. The van der Waals surface area contributed by atoms with E-state index in [1.807, 2.05) is 13.0 Å². The molecule has 1 atom stereocenters. The number of aliphatic imine (C=N–C) groups is 2. The molecule has 1 aromatic carbocycles. The first-order chi connectivity index (χ1) is 12.0. The minimum absolute atomic E-state index is 0.0162. The average Bonchev–Trinajstić information content (AvgIpc) is 3.07. The molecule has 8 heteroatoms. The van der Waals surface area contributed by atoms with Gasteiger partial charge in [-0.1, -0.05) is 6.92 Å². The van der Waals surface area contributed by atoms with Gasteiger partial charge in [0.25, 0.3) is 0 Å². The smallest absolute Gasteiger partial charge is 0.151 e. The lowest BCUT2D eigenvalue weighted by Crippen LogP contribution is -2.14. The second-order valence-electron chi connectivity index (χ2n) is 5.21. The van der Waals surface area contributed by atoms with Gasteiger partial charge in [0.1, 0.15) is 18.0 Å². The normalized spacial score (nSPS) is 14.0. The summed E-state index contributed by atoms with van der Waals surface area (Å²) < 4.78 is 26.6. The molecular formula is C17H18F2N6. The molecule has 2 rings (SSSR count). The number of aromatic amines is 1. The van der Waals surface area contributed by atoms with Gasteiger partial charge in [0, 0.05) is 23.9 Å². The molecule has 0 saturated carbocycles. The Bertz CT molecular complexity index is 851. The zero-order valence-corrected chi connectivity index (χ0v) is 13.5. The monoisotopic (exact) mass is 344 g/mol. The molecule has 6 N–H and O–H groups in total. The Hall–Kier alpha value is -3.29. The van der Waals surface area contributed by atoms with Crippen molar-refractivity contribution in [2.24, 2.45) is 21.5 Å². The molecule has 0 fully saturated rings. The maximum Gasteiger partial charge on any atom is 0.151 e. The van der Waals surface area contributed by atoms with Crippen LogP contribution in [-0.4, -0.2) is 23.4 Å². The number of benzene rings is 1. The van der Waals surface area contributed by atoms with Crippen LogP contribution in [0.4, 0.5) is 14.5 Å². The van der Waals surface area contributed by atoms with Crippen LogP contribution in [0.5, 0.6) is 0 Å². The first-order valence-electron chi connectivity index (χ1n) is 7.38. The molecule has 0 aliphatic heterocycles. The van der Waals surface area contributed by atoms with Crippen LogP contribution in [-0.2, 0) is 0 Å². The van der Waals surface area contributed by atoms with E-state index in [4.69, 9.17) is 16.9 Å². The Morgan fingerprint density at radius 2 is 2.04 bits per heavy atom. The van der Waals surface area contributed by atoms with Gasteiger partial charge in [0.05, 0.1) is 11.4 Å². The minimum atomic E-state index is -0.752. The summed E-state index contributed by atoms with van der Waals surface area (Å²) in [5, 5.41) is 6.94. The number of rotatable bonds is 6. The van der Waals surface area contributed by atoms with Gasteiger partial charge >= 0.3 is 0 Å². The molecule has 2 aromatic rings. The summed E-state index contributed by atoms with van der Waals surface area (Å²) in [5.41, 5.74) is 13.4. The number of nitrogens with zero attached hydrogens (tertiary/aromatic N) is 2.